The number of carbonyl (C=O) groups excluding carboxylic acids is 5. The number of aromatic nitrogens is 1. The quantitative estimate of drug-likeness (QED) is 0.100. The van der Waals surface area contributed by atoms with Crippen molar-refractivity contribution in [3.8, 4) is 0 Å². The normalized spacial score (nSPS) is 13.4. The lowest BCUT2D eigenvalue weighted by Crippen LogP contribution is -2.58. The lowest BCUT2D eigenvalue weighted by atomic mass is 10.00. The fraction of sp³-hybridized carbons (Fsp3) is 0.205. The highest BCUT2D eigenvalue weighted by Gasteiger charge is 2.31. The van der Waals surface area contributed by atoms with E-state index in [0.717, 1.165) is 22.1 Å². The van der Waals surface area contributed by atoms with E-state index in [0.29, 0.717) is 17.5 Å². The van der Waals surface area contributed by atoms with Gasteiger partial charge in [0.1, 0.15) is 18.1 Å². The second-order valence-electron chi connectivity index (χ2n) is 12.1. The second kappa shape index (κ2) is 16.8. The maximum atomic E-state index is 14.2. The van der Waals surface area contributed by atoms with E-state index in [1.54, 1.807) is 18.3 Å². The monoisotopic (exact) mass is 672 g/mol. The van der Waals surface area contributed by atoms with Crippen molar-refractivity contribution in [2.24, 2.45) is 11.5 Å². The number of benzene rings is 4. The van der Waals surface area contributed by atoms with Crippen LogP contribution in [0, 0.1) is 0 Å². The topological polar surface area (TPSA) is 178 Å². The second-order valence-corrected chi connectivity index (χ2v) is 12.1. The minimum atomic E-state index is -1.18. The molecule has 7 N–H and O–H groups in total. The van der Waals surface area contributed by atoms with Crippen LogP contribution in [0.15, 0.2) is 121 Å². The first-order valence-corrected chi connectivity index (χ1v) is 16.3. The van der Waals surface area contributed by atoms with Crippen LogP contribution >= 0.6 is 0 Å². The third kappa shape index (κ3) is 9.30. The number of hydrogen-bond acceptors (Lipinski definition) is 6. The summed E-state index contributed by atoms with van der Waals surface area (Å²) in [7, 11) is 0. The zero-order valence-corrected chi connectivity index (χ0v) is 27.4. The zero-order valence-electron chi connectivity index (χ0n) is 27.4. The van der Waals surface area contributed by atoms with Crippen LogP contribution in [0.4, 0.5) is 0 Å². The number of para-hydroxylation sites is 1. The number of amides is 4. The van der Waals surface area contributed by atoms with Gasteiger partial charge >= 0.3 is 0 Å². The predicted octanol–water partition coefficient (Wildman–Crippen LogP) is 2.22. The van der Waals surface area contributed by atoms with Gasteiger partial charge in [-0.3, -0.25) is 28.5 Å². The molecule has 0 aliphatic heterocycles. The molecule has 50 heavy (non-hydrogen) atoms. The van der Waals surface area contributed by atoms with Gasteiger partial charge in [-0.25, -0.2) is 0 Å². The van der Waals surface area contributed by atoms with Crippen LogP contribution in [0.5, 0.6) is 0 Å². The van der Waals surface area contributed by atoms with Crippen molar-refractivity contribution in [3.05, 3.63) is 144 Å². The Morgan fingerprint density at radius 3 is 1.56 bits per heavy atom. The van der Waals surface area contributed by atoms with Crippen molar-refractivity contribution in [2.75, 3.05) is 0 Å². The Bertz CT molecular complexity index is 1930. The van der Waals surface area contributed by atoms with E-state index >= 15 is 0 Å². The Labute approximate surface area is 290 Å². The summed E-state index contributed by atoms with van der Waals surface area (Å²) < 4.78 is 1.41. The summed E-state index contributed by atoms with van der Waals surface area (Å²) in [6.45, 7) is 0. The van der Waals surface area contributed by atoms with Crippen LogP contribution in [0.2, 0.25) is 0 Å². The third-order valence-electron chi connectivity index (χ3n) is 8.49. The van der Waals surface area contributed by atoms with Crippen LogP contribution in [0.3, 0.4) is 0 Å². The summed E-state index contributed by atoms with van der Waals surface area (Å²) in [5, 5.41) is 9.07. The summed E-state index contributed by atoms with van der Waals surface area (Å²) >= 11 is 0. The average Bonchev–Trinajstić information content (AvgIpc) is 3.49. The standard InChI is InChI=1S/C39H40N6O5/c40-31(20-26-12-4-1-5-13-26)37(48)43-34(23-29-24-45(25-46)35-19-11-10-18-30(29)35)39(50)44-33(22-28-16-8-3-9-17-28)38(49)42-32(36(41)47)21-27-14-6-2-7-15-27/h1-19,24-25,31-34H,20-23,40H2,(H2,41,47)(H,42,49)(H,43,48)(H,44,50)/t31-,32-,33-,34-/m0/s1. The van der Waals surface area contributed by atoms with Gasteiger partial charge in [-0.05, 0) is 34.7 Å². The lowest BCUT2D eigenvalue weighted by Gasteiger charge is -2.26. The van der Waals surface area contributed by atoms with Gasteiger partial charge in [-0.1, -0.05) is 109 Å². The Hall–Kier alpha value is -6.07. The molecule has 11 nitrogen and oxygen atoms in total. The van der Waals surface area contributed by atoms with Crippen LogP contribution < -0.4 is 27.4 Å². The van der Waals surface area contributed by atoms with Crippen molar-refractivity contribution < 1.29 is 24.0 Å². The van der Waals surface area contributed by atoms with Gasteiger partial charge in [0.05, 0.1) is 11.6 Å². The summed E-state index contributed by atoms with van der Waals surface area (Å²) in [4.78, 5) is 65.8. The summed E-state index contributed by atoms with van der Waals surface area (Å²) in [6, 6.07) is 30.4. The first-order chi connectivity index (χ1) is 24.2. The Balaban J connectivity index is 1.42. The summed E-state index contributed by atoms with van der Waals surface area (Å²) in [5.41, 5.74) is 15.7. The fourth-order valence-corrected chi connectivity index (χ4v) is 5.87. The van der Waals surface area contributed by atoms with E-state index < -0.39 is 47.8 Å². The molecule has 0 saturated carbocycles. The van der Waals surface area contributed by atoms with E-state index in [4.69, 9.17) is 11.5 Å². The number of primary amides is 1. The highest BCUT2D eigenvalue weighted by molar-refractivity contribution is 5.96. The average molecular weight is 673 g/mol. The van der Waals surface area contributed by atoms with Gasteiger partial charge in [-0.2, -0.15) is 0 Å². The van der Waals surface area contributed by atoms with Crippen molar-refractivity contribution >= 4 is 40.9 Å². The number of nitrogens with two attached hydrogens (primary N) is 2. The molecule has 0 spiro atoms. The molecule has 0 aliphatic rings. The molecule has 1 aromatic heterocycles. The Morgan fingerprint density at radius 2 is 1.02 bits per heavy atom. The predicted molar refractivity (Wildman–Crippen MR) is 191 cm³/mol. The molecule has 4 aromatic carbocycles. The molecule has 5 rings (SSSR count). The van der Waals surface area contributed by atoms with Crippen LogP contribution in [0.1, 0.15) is 22.3 Å². The highest BCUT2D eigenvalue weighted by atomic mass is 16.2. The Kier molecular flexibility index (Phi) is 11.9. The van der Waals surface area contributed by atoms with E-state index in [9.17, 15) is 24.0 Å². The molecule has 5 aromatic rings. The number of nitrogens with one attached hydrogen (secondary N) is 3. The number of nitrogens with zero attached hydrogens (tertiary/aromatic N) is 1. The van der Waals surface area contributed by atoms with Gasteiger partial charge in [0.25, 0.3) is 0 Å². The third-order valence-corrected chi connectivity index (χ3v) is 8.49. The SMILES string of the molecule is NC(=O)[C@H](Cc1ccccc1)NC(=O)[C@H](Cc1ccccc1)NC(=O)[C@H](Cc1cn(C=O)c2ccccc12)NC(=O)[C@@H](N)Cc1ccccc1. The molecular formula is C39H40N6O5. The molecule has 256 valence electrons. The van der Waals surface area contributed by atoms with E-state index in [1.165, 1.54) is 4.57 Å². The first kappa shape index (κ1) is 35.2. The first-order valence-electron chi connectivity index (χ1n) is 16.3. The minimum absolute atomic E-state index is 0.00538. The molecule has 0 fully saturated rings. The van der Waals surface area contributed by atoms with Gasteiger partial charge in [-0.15, -0.1) is 0 Å². The smallest absolute Gasteiger partial charge is 0.243 e. The largest absolute Gasteiger partial charge is 0.368 e. The van der Waals surface area contributed by atoms with E-state index in [1.807, 2.05) is 103 Å². The van der Waals surface area contributed by atoms with E-state index in [2.05, 4.69) is 16.0 Å². The number of carbonyl (C=O) groups is 5. The minimum Gasteiger partial charge on any atom is -0.368 e. The Morgan fingerprint density at radius 1 is 0.580 bits per heavy atom. The molecule has 0 aliphatic carbocycles. The van der Waals surface area contributed by atoms with E-state index in [-0.39, 0.29) is 25.7 Å². The molecule has 4 amide bonds. The zero-order chi connectivity index (χ0) is 35.5. The summed E-state index contributed by atoms with van der Waals surface area (Å²) in [6.07, 6.45) is 2.76. The van der Waals surface area contributed by atoms with Crippen molar-refractivity contribution in [1.29, 1.82) is 0 Å². The molecule has 0 bridgehead atoms. The van der Waals surface area contributed by atoms with Gasteiger partial charge in [0.2, 0.25) is 30.0 Å². The molecule has 0 unspecified atom stereocenters. The van der Waals surface area contributed by atoms with Crippen LogP contribution in [0.25, 0.3) is 10.9 Å². The molecule has 1 heterocycles. The van der Waals surface area contributed by atoms with Crippen molar-refractivity contribution in [1.82, 2.24) is 20.5 Å². The number of fused-ring (bicyclic) bond motifs is 1. The van der Waals surface area contributed by atoms with Gasteiger partial charge < -0.3 is 27.4 Å². The molecule has 11 heteroatoms. The molecule has 4 atom stereocenters. The number of hydrogen-bond donors (Lipinski definition) is 5. The van der Waals surface area contributed by atoms with Crippen LogP contribution in [-0.4, -0.2) is 58.8 Å². The maximum absolute atomic E-state index is 14.2. The van der Waals surface area contributed by atoms with Gasteiger partial charge in [0.15, 0.2) is 0 Å². The fourth-order valence-electron chi connectivity index (χ4n) is 5.87. The van der Waals surface area contributed by atoms with Gasteiger partial charge in [0, 0.05) is 30.8 Å². The van der Waals surface area contributed by atoms with Crippen molar-refractivity contribution in [3.63, 3.8) is 0 Å². The molecule has 0 saturated heterocycles. The highest BCUT2D eigenvalue weighted by Crippen LogP contribution is 2.22. The summed E-state index contributed by atoms with van der Waals surface area (Å²) in [5.74, 6) is -2.56. The molecule has 0 radical (unpaired) electrons. The lowest BCUT2D eigenvalue weighted by molar-refractivity contribution is -0.133. The van der Waals surface area contributed by atoms with Crippen LogP contribution in [-0.2, 0) is 49.7 Å². The number of rotatable bonds is 16. The molecular weight excluding hydrogens is 632 g/mol. The maximum Gasteiger partial charge on any atom is 0.243 e. The van der Waals surface area contributed by atoms with Crippen molar-refractivity contribution in [2.45, 2.75) is 49.9 Å².